The minimum Gasteiger partial charge on any atom is -0.463 e. The molecule has 40 heavy (non-hydrogen) atoms. The molecule has 216 valence electrons. The molecule has 1 aliphatic rings. The van der Waals surface area contributed by atoms with E-state index >= 15 is 0 Å². The zero-order chi connectivity index (χ0) is 29.2. The Morgan fingerprint density at radius 2 is 1.90 bits per heavy atom. The molecule has 1 saturated heterocycles. The lowest BCUT2D eigenvalue weighted by molar-refractivity contribution is -0.151. The highest BCUT2D eigenvalue weighted by Gasteiger charge is 2.53. The fourth-order valence-electron chi connectivity index (χ4n) is 4.48. The Balaban J connectivity index is 1.60. The number of aliphatic hydroxyl groups excluding tert-OH is 1. The Kier molecular flexibility index (Phi) is 8.99. The second-order valence-corrected chi connectivity index (χ2v) is 12.7. The van der Waals surface area contributed by atoms with Crippen LogP contribution in [0.25, 0.3) is 10.8 Å². The second-order valence-electron chi connectivity index (χ2n) is 10.3. The van der Waals surface area contributed by atoms with Gasteiger partial charge in [-0.25, -0.2) is 4.57 Å². The topological polar surface area (TPSA) is 149 Å². The van der Waals surface area contributed by atoms with Crippen molar-refractivity contribution in [3.63, 3.8) is 0 Å². The highest BCUT2D eigenvalue weighted by Crippen LogP contribution is 2.52. The van der Waals surface area contributed by atoms with E-state index in [-0.39, 0.29) is 17.0 Å². The van der Waals surface area contributed by atoms with Gasteiger partial charge in [0.1, 0.15) is 23.6 Å². The highest BCUT2D eigenvalue weighted by molar-refractivity contribution is 7.71. The molecule has 0 aliphatic carbocycles. The molecular formula is C27H33N2O9PS. The van der Waals surface area contributed by atoms with Gasteiger partial charge >= 0.3 is 13.6 Å². The minimum atomic E-state index is -4.08. The van der Waals surface area contributed by atoms with E-state index in [9.17, 15) is 24.4 Å². The van der Waals surface area contributed by atoms with Crippen LogP contribution in [-0.4, -0.2) is 62.4 Å². The van der Waals surface area contributed by atoms with E-state index in [0.29, 0.717) is 11.1 Å². The molecule has 2 aromatic carbocycles. The van der Waals surface area contributed by atoms with Crippen LogP contribution < -0.4 is 10.1 Å². The van der Waals surface area contributed by atoms with E-state index in [2.05, 4.69) is 4.98 Å². The van der Waals surface area contributed by atoms with Gasteiger partial charge in [-0.15, -0.1) is 0 Å². The zero-order valence-corrected chi connectivity index (χ0v) is 24.3. The first-order valence-corrected chi connectivity index (χ1v) is 14.9. The molecule has 0 radical (unpaired) electrons. The maximum Gasteiger partial charge on any atom is 0.380 e. The Bertz CT molecular complexity index is 1530. The number of esters is 1. The lowest BCUT2D eigenvalue weighted by Crippen LogP contribution is -2.44. The van der Waals surface area contributed by atoms with Gasteiger partial charge in [0, 0.05) is 17.6 Å². The third-order valence-electron chi connectivity index (χ3n) is 6.53. The van der Waals surface area contributed by atoms with Gasteiger partial charge in [0.15, 0.2) is 11.0 Å². The molecule has 0 amide bonds. The van der Waals surface area contributed by atoms with Gasteiger partial charge in [-0.3, -0.25) is 23.7 Å². The molecule has 1 aliphatic heterocycles. The number of H-pyrrole nitrogens is 1. The molecule has 0 spiro atoms. The molecule has 4 rings (SSSR count). The maximum absolute atomic E-state index is 14.2. The molecule has 11 nitrogen and oxygen atoms in total. The monoisotopic (exact) mass is 592 g/mol. The number of ether oxygens (including phenoxy) is 2. The molecule has 6 atom stereocenters. The Hall–Kier alpha value is -2.86. The molecular weight excluding hydrogens is 559 g/mol. The largest absolute Gasteiger partial charge is 0.463 e. The van der Waals surface area contributed by atoms with E-state index in [1.54, 1.807) is 32.9 Å². The van der Waals surface area contributed by atoms with Gasteiger partial charge in [-0.1, -0.05) is 43.3 Å². The van der Waals surface area contributed by atoms with E-state index in [1.807, 2.05) is 30.3 Å². The lowest BCUT2D eigenvalue weighted by Gasteiger charge is -2.28. The minimum absolute atomic E-state index is 0.0195. The molecule has 2 heterocycles. The molecule has 1 fully saturated rings. The Morgan fingerprint density at radius 1 is 1.20 bits per heavy atom. The first-order valence-electron chi connectivity index (χ1n) is 12.8. The number of carbonyl (C=O) groups excluding carboxylic acids is 1. The summed E-state index contributed by atoms with van der Waals surface area (Å²) in [6.07, 6.45) is -3.16. The number of rotatable bonds is 10. The van der Waals surface area contributed by atoms with Crippen LogP contribution in [0.2, 0.25) is 0 Å². The summed E-state index contributed by atoms with van der Waals surface area (Å²) in [6, 6.07) is 13.8. The van der Waals surface area contributed by atoms with Crippen molar-refractivity contribution in [1.82, 2.24) is 9.55 Å². The van der Waals surface area contributed by atoms with Crippen LogP contribution >= 0.6 is 19.8 Å². The van der Waals surface area contributed by atoms with Crippen molar-refractivity contribution in [1.29, 1.82) is 0 Å². The summed E-state index contributed by atoms with van der Waals surface area (Å²) in [4.78, 5) is 26.6. The van der Waals surface area contributed by atoms with Gasteiger partial charge < -0.3 is 24.2 Å². The van der Waals surface area contributed by atoms with Gasteiger partial charge in [0.25, 0.3) is 5.56 Å². The number of carbonyl (C=O) groups is 1. The smallest absolute Gasteiger partial charge is 0.380 e. The number of hydrogen-bond donors (Lipinski definition) is 3. The molecule has 3 aromatic rings. The van der Waals surface area contributed by atoms with Crippen molar-refractivity contribution in [3.8, 4) is 5.75 Å². The standard InChI is InChI=1S/C27H33N2O9PS/c1-16(2)36-24(32)17(3)15-39(34,38-20-11-7-9-18-8-5-6-10-19(18)20)35-14-21-23(31)27(4,33)25(37-21)29-13-12-22(30)28-26(29)40/h5-13,16-17,21,23,25,31,33H,14-15H2,1-4H3,(H,28,30,40)/t17-,21-,23+,25-,27?,39+/m1/s1. The van der Waals surface area contributed by atoms with Crippen molar-refractivity contribution in [3.05, 3.63) is 69.9 Å². The lowest BCUT2D eigenvalue weighted by atomic mass is 9.96. The number of benzene rings is 2. The first kappa shape index (κ1) is 30.1. The highest BCUT2D eigenvalue weighted by atomic mass is 32.1. The van der Waals surface area contributed by atoms with Crippen LogP contribution in [0.1, 0.15) is 33.9 Å². The fraction of sp³-hybridized carbons (Fsp3) is 0.444. The van der Waals surface area contributed by atoms with Gasteiger partial charge in [-0.05, 0) is 44.4 Å². The fourth-order valence-corrected chi connectivity index (χ4v) is 6.62. The van der Waals surface area contributed by atoms with Gasteiger partial charge in [-0.2, -0.15) is 0 Å². The summed E-state index contributed by atoms with van der Waals surface area (Å²) in [5.41, 5.74) is -2.28. The van der Waals surface area contributed by atoms with E-state index < -0.39 is 55.7 Å². The molecule has 13 heteroatoms. The number of fused-ring (bicyclic) bond motifs is 1. The number of aromatic amines is 1. The predicted molar refractivity (Wildman–Crippen MR) is 150 cm³/mol. The van der Waals surface area contributed by atoms with E-state index in [1.165, 1.54) is 23.8 Å². The number of hydrogen-bond acceptors (Lipinski definition) is 10. The van der Waals surface area contributed by atoms with Crippen LogP contribution in [-0.2, 0) is 23.4 Å². The number of aliphatic hydroxyl groups is 2. The summed E-state index contributed by atoms with van der Waals surface area (Å²) in [6.45, 7) is 5.89. The zero-order valence-electron chi connectivity index (χ0n) is 22.6. The quantitative estimate of drug-likeness (QED) is 0.180. The van der Waals surface area contributed by atoms with Crippen LogP contribution in [0.3, 0.4) is 0 Å². The summed E-state index contributed by atoms with van der Waals surface area (Å²) < 4.78 is 38.5. The van der Waals surface area contributed by atoms with Crippen molar-refractivity contribution in [2.45, 2.75) is 57.8 Å². The van der Waals surface area contributed by atoms with E-state index in [0.717, 1.165) is 5.39 Å². The molecule has 1 unspecified atom stereocenters. The summed E-state index contributed by atoms with van der Waals surface area (Å²) >= 11 is 5.19. The number of aromatic nitrogens is 2. The van der Waals surface area contributed by atoms with Crippen LogP contribution in [0.15, 0.2) is 59.5 Å². The second kappa shape index (κ2) is 11.9. The molecule has 0 bridgehead atoms. The Labute approximate surface area is 236 Å². The normalized spacial score (nSPS) is 25.0. The predicted octanol–water partition coefficient (Wildman–Crippen LogP) is 3.94. The van der Waals surface area contributed by atoms with Crippen LogP contribution in [0.4, 0.5) is 0 Å². The number of nitrogens with one attached hydrogen (secondary N) is 1. The van der Waals surface area contributed by atoms with Crippen LogP contribution in [0, 0.1) is 10.7 Å². The summed E-state index contributed by atoms with van der Waals surface area (Å²) in [7, 11) is -4.08. The van der Waals surface area contributed by atoms with Crippen molar-refractivity contribution in [2.75, 3.05) is 12.8 Å². The van der Waals surface area contributed by atoms with Crippen molar-refractivity contribution in [2.24, 2.45) is 5.92 Å². The summed E-state index contributed by atoms with van der Waals surface area (Å²) in [5.74, 6) is -1.11. The van der Waals surface area contributed by atoms with Crippen molar-refractivity contribution >= 4 is 36.6 Å². The van der Waals surface area contributed by atoms with Gasteiger partial charge in [0.2, 0.25) is 0 Å². The van der Waals surface area contributed by atoms with Crippen LogP contribution in [0.5, 0.6) is 5.75 Å². The maximum atomic E-state index is 14.2. The third kappa shape index (κ3) is 6.54. The number of nitrogens with zero attached hydrogens (tertiary/aromatic N) is 1. The molecule has 3 N–H and O–H groups in total. The third-order valence-corrected chi connectivity index (χ3v) is 8.86. The average Bonchev–Trinajstić information content (AvgIpc) is 3.11. The molecule has 1 aromatic heterocycles. The first-order chi connectivity index (χ1) is 18.8. The Morgan fingerprint density at radius 3 is 2.60 bits per heavy atom. The summed E-state index contributed by atoms with van der Waals surface area (Å²) in [5, 5.41) is 23.5. The average molecular weight is 593 g/mol. The molecule has 0 saturated carbocycles. The van der Waals surface area contributed by atoms with E-state index in [4.69, 9.17) is 30.7 Å². The van der Waals surface area contributed by atoms with Crippen molar-refractivity contribution < 1.29 is 38.1 Å². The van der Waals surface area contributed by atoms with Gasteiger partial charge in [0.05, 0.1) is 24.8 Å². The SMILES string of the molecule is CC(C)OC(=O)[C@H](C)C[P@](=O)(OC[C@H]1O[C@@H](n2ccc(=O)[nH]c2=S)C(C)(O)[C@H]1O)Oc1cccc2ccccc12.